The molecule has 1 saturated heterocycles. The third kappa shape index (κ3) is 3.02. The summed E-state index contributed by atoms with van der Waals surface area (Å²) in [4.78, 5) is 16.4. The maximum Gasteiger partial charge on any atom is 0.236 e. The molecule has 2 aromatic rings. The summed E-state index contributed by atoms with van der Waals surface area (Å²) in [6.45, 7) is 4.32. The molecule has 118 valence electrons. The standard InChI is InChI=1S/C20H22N2O/c23-20(22-10-4-11-22)15-21-12-9-17-7-8-18(13-19(17)14-21)16-5-2-1-3-6-16/h1-3,5-8,13H,4,9-12,14-15H2. The first-order valence-corrected chi connectivity index (χ1v) is 8.47. The quantitative estimate of drug-likeness (QED) is 0.870. The molecule has 2 aromatic carbocycles. The van der Waals surface area contributed by atoms with Gasteiger partial charge in [-0.05, 0) is 41.2 Å². The van der Waals surface area contributed by atoms with Gasteiger partial charge < -0.3 is 4.90 Å². The number of carbonyl (C=O) groups is 1. The maximum absolute atomic E-state index is 12.2. The SMILES string of the molecule is O=C(CN1CCc2ccc(-c3ccccc3)cc2C1)N1CCC1. The molecule has 1 amide bonds. The number of benzene rings is 2. The summed E-state index contributed by atoms with van der Waals surface area (Å²) in [6, 6.07) is 17.3. The van der Waals surface area contributed by atoms with Gasteiger partial charge in [-0.2, -0.15) is 0 Å². The molecule has 2 aliphatic heterocycles. The summed E-state index contributed by atoms with van der Waals surface area (Å²) >= 11 is 0. The van der Waals surface area contributed by atoms with Crippen molar-refractivity contribution in [3.8, 4) is 11.1 Å². The molecule has 3 heteroatoms. The Morgan fingerprint density at radius 1 is 0.913 bits per heavy atom. The lowest BCUT2D eigenvalue weighted by Crippen LogP contribution is -2.47. The van der Waals surface area contributed by atoms with Crippen LogP contribution in [0.15, 0.2) is 48.5 Å². The highest BCUT2D eigenvalue weighted by molar-refractivity contribution is 5.79. The van der Waals surface area contributed by atoms with Gasteiger partial charge in [-0.1, -0.05) is 42.5 Å². The predicted octanol–water partition coefficient (Wildman–Crippen LogP) is 2.94. The fourth-order valence-electron chi connectivity index (χ4n) is 3.42. The second-order valence-electron chi connectivity index (χ2n) is 6.54. The van der Waals surface area contributed by atoms with E-state index in [1.54, 1.807) is 0 Å². The Hall–Kier alpha value is -2.13. The second kappa shape index (κ2) is 6.17. The van der Waals surface area contributed by atoms with Gasteiger partial charge in [0.1, 0.15) is 0 Å². The molecule has 3 nitrogen and oxygen atoms in total. The van der Waals surface area contributed by atoms with E-state index in [0.717, 1.165) is 39.0 Å². The Labute approximate surface area is 137 Å². The van der Waals surface area contributed by atoms with Crippen LogP contribution in [0, 0.1) is 0 Å². The largest absolute Gasteiger partial charge is 0.341 e. The van der Waals surface area contributed by atoms with Crippen molar-refractivity contribution in [2.75, 3.05) is 26.2 Å². The highest BCUT2D eigenvalue weighted by Gasteiger charge is 2.24. The van der Waals surface area contributed by atoms with Crippen LogP contribution in [-0.2, 0) is 17.8 Å². The second-order valence-corrected chi connectivity index (χ2v) is 6.54. The number of hydrogen-bond donors (Lipinski definition) is 0. The van der Waals surface area contributed by atoms with Crippen LogP contribution >= 0.6 is 0 Å². The van der Waals surface area contributed by atoms with Crippen LogP contribution in [-0.4, -0.2) is 41.9 Å². The van der Waals surface area contributed by atoms with Crippen LogP contribution in [0.4, 0.5) is 0 Å². The summed E-state index contributed by atoms with van der Waals surface area (Å²) in [7, 11) is 0. The van der Waals surface area contributed by atoms with E-state index in [9.17, 15) is 4.79 Å². The third-order valence-corrected chi connectivity index (χ3v) is 4.97. The molecule has 2 aliphatic rings. The van der Waals surface area contributed by atoms with Crippen LogP contribution in [0.5, 0.6) is 0 Å². The first-order chi connectivity index (χ1) is 11.3. The smallest absolute Gasteiger partial charge is 0.236 e. The molecule has 0 bridgehead atoms. The fourth-order valence-corrected chi connectivity index (χ4v) is 3.42. The number of amides is 1. The van der Waals surface area contributed by atoms with Crippen molar-refractivity contribution in [2.45, 2.75) is 19.4 Å². The zero-order valence-corrected chi connectivity index (χ0v) is 13.4. The van der Waals surface area contributed by atoms with Gasteiger partial charge in [0.05, 0.1) is 6.54 Å². The predicted molar refractivity (Wildman–Crippen MR) is 92.1 cm³/mol. The van der Waals surface area contributed by atoms with Gasteiger partial charge in [-0.3, -0.25) is 9.69 Å². The molecule has 23 heavy (non-hydrogen) atoms. The summed E-state index contributed by atoms with van der Waals surface area (Å²) < 4.78 is 0. The zero-order chi connectivity index (χ0) is 15.6. The van der Waals surface area contributed by atoms with Crippen LogP contribution < -0.4 is 0 Å². The highest BCUT2D eigenvalue weighted by atomic mass is 16.2. The Balaban J connectivity index is 1.50. The monoisotopic (exact) mass is 306 g/mol. The minimum Gasteiger partial charge on any atom is -0.341 e. The minimum atomic E-state index is 0.291. The van der Waals surface area contributed by atoms with Gasteiger partial charge in [-0.25, -0.2) is 0 Å². The topological polar surface area (TPSA) is 23.6 Å². The van der Waals surface area contributed by atoms with Crippen molar-refractivity contribution in [3.63, 3.8) is 0 Å². The van der Waals surface area contributed by atoms with E-state index in [-0.39, 0.29) is 0 Å². The van der Waals surface area contributed by atoms with E-state index in [0.29, 0.717) is 12.5 Å². The van der Waals surface area contributed by atoms with E-state index in [4.69, 9.17) is 0 Å². The van der Waals surface area contributed by atoms with Gasteiger partial charge in [0.25, 0.3) is 0 Å². The Kier molecular flexibility index (Phi) is 3.88. The van der Waals surface area contributed by atoms with Crippen molar-refractivity contribution in [3.05, 3.63) is 59.7 Å². The Morgan fingerprint density at radius 2 is 1.74 bits per heavy atom. The maximum atomic E-state index is 12.2. The summed E-state index contributed by atoms with van der Waals surface area (Å²) in [5.74, 6) is 0.291. The zero-order valence-electron chi connectivity index (χ0n) is 13.4. The van der Waals surface area contributed by atoms with Crippen LogP contribution in [0.1, 0.15) is 17.5 Å². The van der Waals surface area contributed by atoms with E-state index >= 15 is 0 Å². The number of rotatable bonds is 3. The number of nitrogens with zero attached hydrogens (tertiary/aromatic N) is 2. The molecule has 0 radical (unpaired) electrons. The van der Waals surface area contributed by atoms with Gasteiger partial charge in [0.15, 0.2) is 0 Å². The molecule has 0 saturated carbocycles. The van der Waals surface area contributed by atoms with Crippen molar-refractivity contribution < 1.29 is 4.79 Å². The summed E-state index contributed by atoms with van der Waals surface area (Å²) in [5.41, 5.74) is 5.32. The Morgan fingerprint density at radius 3 is 2.48 bits per heavy atom. The fraction of sp³-hybridized carbons (Fsp3) is 0.350. The molecule has 0 aromatic heterocycles. The van der Waals surface area contributed by atoms with Crippen LogP contribution in [0.2, 0.25) is 0 Å². The number of fused-ring (bicyclic) bond motifs is 1. The van der Waals surface area contributed by atoms with Crippen molar-refractivity contribution in [1.29, 1.82) is 0 Å². The van der Waals surface area contributed by atoms with Gasteiger partial charge in [0.2, 0.25) is 5.91 Å². The summed E-state index contributed by atoms with van der Waals surface area (Å²) in [5, 5.41) is 0. The van der Waals surface area contributed by atoms with Gasteiger partial charge in [0, 0.05) is 26.2 Å². The molecule has 0 unspecified atom stereocenters. The number of likely N-dealkylation sites (tertiary alicyclic amines) is 1. The molecule has 0 spiro atoms. The molecule has 0 N–H and O–H groups in total. The molecule has 0 aliphatic carbocycles. The summed E-state index contributed by atoms with van der Waals surface area (Å²) in [6.07, 6.45) is 2.20. The molecular weight excluding hydrogens is 284 g/mol. The average Bonchev–Trinajstić information content (AvgIpc) is 2.53. The van der Waals surface area contributed by atoms with E-state index < -0.39 is 0 Å². The van der Waals surface area contributed by atoms with Crippen molar-refractivity contribution >= 4 is 5.91 Å². The van der Waals surface area contributed by atoms with E-state index in [1.165, 1.54) is 22.3 Å². The normalized spacial score (nSPS) is 17.5. The average molecular weight is 306 g/mol. The minimum absolute atomic E-state index is 0.291. The van der Waals surface area contributed by atoms with E-state index in [2.05, 4.69) is 47.4 Å². The lowest BCUT2D eigenvalue weighted by molar-refractivity contribution is -0.136. The number of hydrogen-bond acceptors (Lipinski definition) is 2. The van der Waals surface area contributed by atoms with E-state index in [1.807, 2.05) is 11.0 Å². The van der Waals surface area contributed by atoms with Crippen LogP contribution in [0.3, 0.4) is 0 Å². The third-order valence-electron chi connectivity index (χ3n) is 4.97. The van der Waals surface area contributed by atoms with Gasteiger partial charge >= 0.3 is 0 Å². The Bertz CT molecular complexity index is 707. The first-order valence-electron chi connectivity index (χ1n) is 8.47. The van der Waals surface area contributed by atoms with Crippen molar-refractivity contribution in [2.24, 2.45) is 0 Å². The van der Waals surface area contributed by atoms with Crippen molar-refractivity contribution in [1.82, 2.24) is 9.80 Å². The highest BCUT2D eigenvalue weighted by Crippen LogP contribution is 2.26. The van der Waals surface area contributed by atoms with Crippen LogP contribution in [0.25, 0.3) is 11.1 Å². The molecule has 4 rings (SSSR count). The molecular formula is C20H22N2O. The molecule has 0 atom stereocenters. The number of carbonyl (C=O) groups excluding carboxylic acids is 1. The molecule has 1 fully saturated rings. The van der Waals surface area contributed by atoms with Gasteiger partial charge in [-0.15, -0.1) is 0 Å². The first kappa shape index (κ1) is 14.5. The lowest BCUT2D eigenvalue weighted by Gasteiger charge is -2.35. The molecule has 2 heterocycles. The lowest BCUT2D eigenvalue weighted by atomic mass is 9.94.